The second-order valence-corrected chi connectivity index (χ2v) is 4.96. The quantitative estimate of drug-likeness (QED) is 0.930. The second kappa shape index (κ2) is 5.61. The largest absolute Gasteiger partial charge is 0.373 e. The molecule has 0 aliphatic rings. The Labute approximate surface area is 120 Å². The highest BCUT2D eigenvalue weighted by atomic mass is 15.3. The van der Waals surface area contributed by atoms with Crippen LogP contribution in [0, 0.1) is 20.8 Å². The molecule has 2 heterocycles. The molecule has 0 saturated heterocycles. The summed E-state index contributed by atoms with van der Waals surface area (Å²) in [7, 11) is 1.89. The average molecular weight is 273 g/mol. The van der Waals surface area contributed by atoms with Crippen LogP contribution >= 0.6 is 0 Å². The molecule has 108 valence electrons. The van der Waals surface area contributed by atoms with Crippen molar-refractivity contribution in [3.05, 3.63) is 28.3 Å². The van der Waals surface area contributed by atoms with Crippen molar-refractivity contribution in [2.45, 2.75) is 47.5 Å². The Morgan fingerprint density at radius 1 is 1.05 bits per heavy atom. The van der Waals surface area contributed by atoms with Crippen LogP contribution in [0.3, 0.4) is 0 Å². The van der Waals surface area contributed by atoms with Crippen molar-refractivity contribution in [1.29, 1.82) is 0 Å². The first kappa shape index (κ1) is 14.5. The third kappa shape index (κ3) is 2.28. The number of hydrogen-bond donors (Lipinski definition) is 1. The first-order valence-corrected chi connectivity index (χ1v) is 7.14. The molecule has 2 aromatic heterocycles. The van der Waals surface area contributed by atoms with Gasteiger partial charge in [-0.15, -0.1) is 0 Å². The molecule has 0 aliphatic heterocycles. The third-order valence-corrected chi connectivity index (χ3v) is 3.71. The fourth-order valence-electron chi connectivity index (χ4n) is 2.55. The van der Waals surface area contributed by atoms with E-state index >= 15 is 0 Å². The molecule has 0 atom stereocenters. The normalized spacial score (nSPS) is 10.9. The Bertz CT molecular complexity index is 628. The molecule has 1 N–H and O–H groups in total. The number of aromatic nitrogens is 4. The fourth-order valence-corrected chi connectivity index (χ4v) is 2.55. The fraction of sp³-hybridized carbons (Fsp3) is 0.533. The lowest BCUT2D eigenvalue weighted by Gasteiger charge is -2.13. The molecule has 0 aromatic carbocycles. The first-order valence-electron chi connectivity index (χ1n) is 7.14. The van der Waals surface area contributed by atoms with Gasteiger partial charge in [0.15, 0.2) is 5.82 Å². The maximum Gasteiger partial charge on any atom is 0.162 e. The molecule has 2 aromatic rings. The van der Waals surface area contributed by atoms with Gasteiger partial charge < -0.3 is 5.32 Å². The van der Waals surface area contributed by atoms with Crippen LogP contribution in [0.4, 0.5) is 5.82 Å². The van der Waals surface area contributed by atoms with Gasteiger partial charge in [-0.2, -0.15) is 5.10 Å². The minimum atomic E-state index is 0.807. The molecule has 0 fully saturated rings. The van der Waals surface area contributed by atoms with Crippen molar-refractivity contribution in [2.75, 3.05) is 12.4 Å². The summed E-state index contributed by atoms with van der Waals surface area (Å²) in [5.74, 6) is 2.58. The number of hydrogen-bond acceptors (Lipinski definition) is 4. The van der Waals surface area contributed by atoms with Crippen LogP contribution in [0.5, 0.6) is 0 Å². The van der Waals surface area contributed by atoms with Crippen LogP contribution in [0.1, 0.15) is 42.2 Å². The minimum absolute atomic E-state index is 0.807. The molecule has 0 amide bonds. The molecule has 2 rings (SSSR count). The SMILES string of the molecule is CCc1nc(NC)c(C)c(-n2nc(C)c(CC)c2C)n1. The monoisotopic (exact) mass is 273 g/mol. The van der Waals surface area contributed by atoms with Gasteiger partial charge in [-0.05, 0) is 32.8 Å². The summed E-state index contributed by atoms with van der Waals surface area (Å²) in [6, 6.07) is 0. The van der Waals surface area contributed by atoms with Crippen LogP contribution < -0.4 is 5.32 Å². The zero-order valence-corrected chi connectivity index (χ0v) is 13.2. The highest BCUT2D eigenvalue weighted by molar-refractivity contribution is 5.52. The number of anilines is 1. The van der Waals surface area contributed by atoms with E-state index < -0.39 is 0 Å². The molecule has 0 saturated carbocycles. The van der Waals surface area contributed by atoms with Crippen LogP contribution in [-0.2, 0) is 12.8 Å². The Balaban J connectivity index is 2.69. The van der Waals surface area contributed by atoms with Gasteiger partial charge in [0, 0.05) is 24.7 Å². The second-order valence-electron chi connectivity index (χ2n) is 4.96. The van der Waals surface area contributed by atoms with Crippen molar-refractivity contribution < 1.29 is 0 Å². The van der Waals surface area contributed by atoms with Crippen LogP contribution in [0.15, 0.2) is 0 Å². The van der Waals surface area contributed by atoms with Crippen molar-refractivity contribution in [2.24, 2.45) is 0 Å². The average Bonchev–Trinajstić information content (AvgIpc) is 2.73. The van der Waals surface area contributed by atoms with Crippen molar-refractivity contribution in [1.82, 2.24) is 19.7 Å². The zero-order chi connectivity index (χ0) is 14.9. The van der Waals surface area contributed by atoms with Crippen molar-refractivity contribution in [3.8, 4) is 5.82 Å². The van der Waals surface area contributed by atoms with E-state index in [0.717, 1.165) is 47.3 Å². The lowest BCUT2D eigenvalue weighted by Crippen LogP contribution is -2.11. The summed E-state index contributed by atoms with van der Waals surface area (Å²) in [4.78, 5) is 9.18. The first-order chi connectivity index (χ1) is 9.53. The Morgan fingerprint density at radius 2 is 1.75 bits per heavy atom. The van der Waals surface area contributed by atoms with Crippen LogP contribution in [0.25, 0.3) is 5.82 Å². The summed E-state index contributed by atoms with van der Waals surface area (Å²) in [5.41, 5.74) is 4.56. The Kier molecular flexibility index (Phi) is 4.06. The molecule has 5 heteroatoms. The van der Waals surface area contributed by atoms with Gasteiger partial charge >= 0.3 is 0 Å². The molecule has 5 nitrogen and oxygen atoms in total. The maximum atomic E-state index is 4.67. The number of aryl methyl sites for hydroxylation is 2. The van der Waals surface area contributed by atoms with E-state index in [0.29, 0.717) is 0 Å². The molecular formula is C15H23N5. The highest BCUT2D eigenvalue weighted by Crippen LogP contribution is 2.23. The van der Waals surface area contributed by atoms with Gasteiger partial charge in [-0.1, -0.05) is 13.8 Å². The van der Waals surface area contributed by atoms with Gasteiger partial charge in [-0.3, -0.25) is 0 Å². The maximum absolute atomic E-state index is 4.67. The van der Waals surface area contributed by atoms with E-state index in [-0.39, 0.29) is 0 Å². The number of rotatable bonds is 4. The van der Waals surface area contributed by atoms with Gasteiger partial charge in [0.25, 0.3) is 0 Å². The molecule has 0 radical (unpaired) electrons. The summed E-state index contributed by atoms with van der Waals surface area (Å²) in [6.07, 6.45) is 1.79. The van der Waals surface area contributed by atoms with Gasteiger partial charge in [0.05, 0.1) is 5.69 Å². The van der Waals surface area contributed by atoms with Gasteiger partial charge in [0.2, 0.25) is 0 Å². The lowest BCUT2D eigenvalue weighted by molar-refractivity contribution is 0.774. The van der Waals surface area contributed by atoms with Crippen LogP contribution in [-0.4, -0.2) is 26.8 Å². The van der Waals surface area contributed by atoms with E-state index in [4.69, 9.17) is 0 Å². The minimum Gasteiger partial charge on any atom is -0.373 e. The topological polar surface area (TPSA) is 55.6 Å². The zero-order valence-electron chi connectivity index (χ0n) is 13.2. The molecule has 0 bridgehead atoms. The molecule has 20 heavy (non-hydrogen) atoms. The Hall–Kier alpha value is -1.91. The van der Waals surface area contributed by atoms with E-state index in [1.165, 1.54) is 5.56 Å². The van der Waals surface area contributed by atoms with E-state index in [1.54, 1.807) is 0 Å². The Morgan fingerprint density at radius 3 is 2.25 bits per heavy atom. The lowest BCUT2D eigenvalue weighted by atomic mass is 10.1. The number of nitrogens with one attached hydrogen (secondary N) is 1. The van der Waals surface area contributed by atoms with Gasteiger partial charge in [0.1, 0.15) is 11.6 Å². The summed E-state index contributed by atoms with van der Waals surface area (Å²) < 4.78 is 1.95. The predicted octanol–water partition coefficient (Wildman–Crippen LogP) is 2.75. The van der Waals surface area contributed by atoms with E-state index in [2.05, 4.69) is 48.1 Å². The standard InChI is InChI=1S/C15H23N5/c1-7-12-10(4)19-20(11(12)5)15-9(3)14(16-6)17-13(8-2)18-15/h7-8H2,1-6H3,(H,16,17,18). The summed E-state index contributed by atoms with van der Waals surface area (Å²) >= 11 is 0. The third-order valence-electron chi connectivity index (χ3n) is 3.71. The van der Waals surface area contributed by atoms with Crippen molar-refractivity contribution in [3.63, 3.8) is 0 Å². The van der Waals surface area contributed by atoms with Crippen molar-refractivity contribution >= 4 is 5.82 Å². The van der Waals surface area contributed by atoms with E-state index in [1.807, 2.05) is 18.7 Å². The smallest absolute Gasteiger partial charge is 0.162 e. The summed E-state index contributed by atoms with van der Waals surface area (Å²) in [6.45, 7) is 10.4. The molecule has 0 unspecified atom stereocenters. The predicted molar refractivity (Wildman–Crippen MR) is 81.7 cm³/mol. The summed E-state index contributed by atoms with van der Waals surface area (Å²) in [5, 5.41) is 7.80. The molecule has 0 aliphatic carbocycles. The van der Waals surface area contributed by atoms with E-state index in [9.17, 15) is 0 Å². The van der Waals surface area contributed by atoms with Gasteiger partial charge in [-0.25, -0.2) is 14.6 Å². The number of nitrogens with zero attached hydrogens (tertiary/aromatic N) is 4. The molecule has 0 spiro atoms. The highest BCUT2D eigenvalue weighted by Gasteiger charge is 2.16. The molecular weight excluding hydrogens is 250 g/mol. The van der Waals surface area contributed by atoms with Crippen LogP contribution in [0.2, 0.25) is 0 Å².